The van der Waals surface area contributed by atoms with Crippen LogP contribution in [0.1, 0.15) is 46.5 Å². The van der Waals surface area contributed by atoms with Crippen LogP contribution in [0.3, 0.4) is 0 Å². The summed E-state index contributed by atoms with van der Waals surface area (Å²) < 4.78 is 5.14. The van der Waals surface area contributed by atoms with Gasteiger partial charge in [-0.25, -0.2) is 0 Å². The maximum Gasteiger partial charge on any atom is 0.214 e. The summed E-state index contributed by atoms with van der Waals surface area (Å²) in [7, 11) is 8.47. The quantitative estimate of drug-likeness (QED) is 0.160. The zero-order valence-corrected chi connectivity index (χ0v) is 31.9. The van der Waals surface area contributed by atoms with Crippen LogP contribution in [-0.4, -0.2) is 28.2 Å². The lowest BCUT2D eigenvalue weighted by Crippen LogP contribution is -2.40. The van der Waals surface area contributed by atoms with Gasteiger partial charge in [-0.05, 0) is 82.3 Å². The summed E-state index contributed by atoms with van der Waals surface area (Å²) in [4.78, 5) is 4.40. The van der Waals surface area contributed by atoms with E-state index in [0.29, 0.717) is 0 Å². The Morgan fingerprint density at radius 2 is 0.852 bits per heavy atom. The Kier molecular flexibility index (Phi) is 8.83. The molecule has 0 N–H and O–H groups in total. The van der Waals surface area contributed by atoms with Crippen molar-refractivity contribution >= 4 is 57.2 Å². The first kappa shape index (κ1) is 33.8. The van der Waals surface area contributed by atoms with E-state index in [-0.39, 0.29) is 0 Å². The fraction of sp³-hybridized carbons (Fsp3) is 0.200. The van der Waals surface area contributed by atoms with Crippen LogP contribution < -0.4 is 18.9 Å². The van der Waals surface area contributed by atoms with Gasteiger partial charge in [-0.1, -0.05) is 72.8 Å². The van der Waals surface area contributed by atoms with Crippen LogP contribution in [0.5, 0.6) is 0 Å². The molecule has 0 aliphatic carbocycles. The van der Waals surface area contributed by atoms with Crippen LogP contribution in [0.25, 0.3) is 68.4 Å². The van der Waals surface area contributed by atoms with Crippen molar-refractivity contribution in [1.82, 2.24) is 0 Å². The second kappa shape index (κ2) is 14.1. The van der Waals surface area contributed by atoms with Crippen LogP contribution in [0.2, 0.25) is 0 Å². The summed E-state index contributed by atoms with van der Waals surface area (Å²) in [5.74, 6) is 0. The third-order valence-electron chi connectivity index (χ3n) is 11.5. The van der Waals surface area contributed by atoms with Crippen molar-refractivity contribution < 1.29 is 9.13 Å². The van der Waals surface area contributed by atoms with Gasteiger partial charge in [0.15, 0.2) is 0 Å². The van der Waals surface area contributed by atoms with E-state index >= 15 is 0 Å². The highest BCUT2D eigenvalue weighted by molar-refractivity contribution is 6.01. The topological polar surface area (TPSA) is 14.2 Å². The van der Waals surface area contributed by atoms with E-state index in [4.69, 9.17) is 0 Å². The molecule has 9 rings (SSSR count). The third-order valence-corrected chi connectivity index (χ3v) is 11.5. The lowest BCUT2D eigenvalue weighted by molar-refractivity contribution is -0.689. The molecule has 0 fully saturated rings. The van der Waals surface area contributed by atoms with Crippen LogP contribution >= 0.6 is 0 Å². The number of hydrogen-bond acceptors (Lipinski definition) is 2. The minimum absolute atomic E-state index is 0.989. The van der Waals surface area contributed by atoms with Crippen molar-refractivity contribution in [3.8, 4) is 22.5 Å². The average molecular weight is 705 g/mol. The van der Waals surface area contributed by atoms with Crippen molar-refractivity contribution in [1.29, 1.82) is 0 Å². The molecule has 2 aromatic heterocycles. The first-order valence-corrected chi connectivity index (χ1v) is 19.4. The fourth-order valence-electron chi connectivity index (χ4n) is 8.92. The summed E-state index contributed by atoms with van der Waals surface area (Å²) in [6.07, 6.45) is 13.6. The predicted octanol–water partition coefficient (Wildman–Crippen LogP) is 10.3. The van der Waals surface area contributed by atoms with Crippen LogP contribution in [0.4, 0.5) is 11.4 Å². The standard InChI is InChI=1S/C50H48N4/c1-51(2)45-31-27-35(41-17-5-7-19-43(41)45)25-29-39-15-9-21-47-49-37(13-11-33-53(39)47)23-24-38-14-12-34-54-40(16-10-22-48(54)50(38)49)30-26-36-28-32-46(52(3)4)44-20-8-6-18-42(36)44/h5-10,15-32H,11-14,33-34H2,1-4H3/q+2. The molecule has 0 atom stereocenters. The van der Waals surface area contributed by atoms with Crippen molar-refractivity contribution in [3.63, 3.8) is 0 Å². The second-order valence-electron chi connectivity index (χ2n) is 15.2. The summed E-state index contributed by atoms with van der Waals surface area (Å²) in [6, 6.07) is 45.1. The van der Waals surface area contributed by atoms with E-state index in [1.54, 1.807) is 0 Å². The Bertz CT molecular complexity index is 2440. The molecule has 5 aromatic carbocycles. The average Bonchev–Trinajstić information content (AvgIpc) is 3.51. The number of rotatable bonds is 6. The molecule has 0 unspecified atom stereocenters. The molecule has 0 bridgehead atoms. The summed E-state index contributed by atoms with van der Waals surface area (Å²) >= 11 is 0. The number of aromatic nitrogens is 2. The van der Waals surface area contributed by atoms with Gasteiger partial charge in [0.25, 0.3) is 0 Å². The minimum atomic E-state index is 0.989. The number of benzene rings is 5. The lowest BCUT2D eigenvalue weighted by atomic mass is 9.88. The molecule has 0 amide bonds. The van der Waals surface area contributed by atoms with Gasteiger partial charge < -0.3 is 9.80 Å². The Balaban J connectivity index is 1.15. The molecule has 2 aliphatic heterocycles. The molecule has 4 heterocycles. The van der Waals surface area contributed by atoms with Crippen molar-refractivity contribution in [2.24, 2.45) is 0 Å². The molecule has 266 valence electrons. The van der Waals surface area contributed by atoms with Crippen molar-refractivity contribution in [2.75, 3.05) is 38.0 Å². The van der Waals surface area contributed by atoms with E-state index in [2.05, 4.69) is 193 Å². The fourth-order valence-corrected chi connectivity index (χ4v) is 8.92. The van der Waals surface area contributed by atoms with E-state index < -0.39 is 0 Å². The molecule has 7 aromatic rings. The number of hydrogen-bond donors (Lipinski definition) is 0. The van der Waals surface area contributed by atoms with Gasteiger partial charge in [0.1, 0.15) is 13.1 Å². The van der Waals surface area contributed by atoms with Crippen molar-refractivity contribution in [2.45, 2.75) is 38.8 Å². The van der Waals surface area contributed by atoms with Gasteiger partial charge in [-0.3, -0.25) is 0 Å². The third kappa shape index (κ3) is 5.96. The number of pyridine rings is 2. The van der Waals surface area contributed by atoms with Gasteiger partial charge in [-0.15, -0.1) is 0 Å². The van der Waals surface area contributed by atoms with E-state index in [9.17, 15) is 0 Å². The maximum atomic E-state index is 2.57. The highest BCUT2D eigenvalue weighted by Gasteiger charge is 2.33. The van der Waals surface area contributed by atoms with E-state index in [0.717, 1.165) is 38.8 Å². The van der Waals surface area contributed by atoms with Gasteiger partial charge >= 0.3 is 0 Å². The molecule has 0 saturated carbocycles. The lowest BCUT2D eigenvalue weighted by Gasteiger charge is -2.16. The monoisotopic (exact) mass is 704 g/mol. The Morgan fingerprint density at radius 3 is 1.28 bits per heavy atom. The van der Waals surface area contributed by atoms with Gasteiger partial charge in [-0.2, -0.15) is 9.13 Å². The molecular weight excluding hydrogens is 657 g/mol. The molecular formula is C50H48N4+2. The molecule has 4 heteroatoms. The molecule has 2 aliphatic rings. The molecule has 0 spiro atoms. The van der Waals surface area contributed by atoms with Gasteiger partial charge in [0.2, 0.25) is 22.8 Å². The second-order valence-corrected chi connectivity index (χ2v) is 15.2. The summed E-state index contributed by atoms with van der Waals surface area (Å²) in [6.45, 7) is 1.98. The van der Waals surface area contributed by atoms with Crippen molar-refractivity contribution in [3.05, 3.63) is 155 Å². The molecule has 0 saturated heterocycles. The number of anilines is 2. The molecule has 4 nitrogen and oxygen atoms in total. The molecule has 54 heavy (non-hydrogen) atoms. The number of fused-ring (bicyclic) bond motifs is 9. The number of aryl methyl sites for hydroxylation is 2. The normalized spacial score (nSPS) is 13.7. The van der Waals surface area contributed by atoms with E-state index in [1.165, 1.54) is 89.1 Å². The zero-order chi connectivity index (χ0) is 36.8. The predicted molar refractivity (Wildman–Crippen MR) is 229 cm³/mol. The van der Waals surface area contributed by atoms with Gasteiger partial charge in [0, 0.05) is 99.6 Å². The Labute approximate surface area is 319 Å². The highest BCUT2D eigenvalue weighted by Crippen LogP contribution is 2.39. The smallest absolute Gasteiger partial charge is 0.214 e. The highest BCUT2D eigenvalue weighted by atomic mass is 15.1. The minimum Gasteiger partial charge on any atom is -0.377 e. The van der Waals surface area contributed by atoms with Crippen LogP contribution in [0, 0.1) is 0 Å². The maximum absolute atomic E-state index is 2.57. The Hall–Kier alpha value is -6.00. The SMILES string of the molecule is CN(C)c1ccc(/C=C/c2cccc3[n+]2CCCc2ccc4c(c2-3)-c2cccc(/C=C/c3ccc(N(C)C)c5ccccc35)[n+]2CCC4)c2ccccc12. The first-order valence-electron chi connectivity index (χ1n) is 19.4. The summed E-state index contributed by atoms with van der Waals surface area (Å²) in [5.41, 5.74) is 15.8. The zero-order valence-electron chi connectivity index (χ0n) is 31.9. The van der Waals surface area contributed by atoms with Crippen LogP contribution in [0.15, 0.2) is 121 Å². The number of nitrogens with zero attached hydrogens (tertiary/aromatic N) is 4. The largest absolute Gasteiger partial charge is 0.377 e. The van der Waals surface area contributed by atoms with Crippen LogP contribution in [-0.2, 0) is 25.9 Å². The summed E-state index contributed by atoms with van der Waals surface area (Å²) in [5, 5.41) is 5.11. The Morgan fingerprint density at radius 1 is 0.426 bits per heavy atom. The van der Waals surface area contributed by atoms with Gasteiger partial charge in [0.05, 0.1) is 11.1 Å². The first-order chi connectivity index (χ1) is 26.5. The van der Waals surface area contributed by atoms with E-state index in [1.807, 2.05) is 0 Å². The molecule has 0 radical (unpaired) electrons.